The van der Waals surface area contributed by atoms with Crippen LogP contribution in [0.25, 0.3) is 22.0 Å². The average molecular weight is 629 g/mol. The summed E-state index contributed by atoms with van der Waals surface area (Å²) in [6.45, 7) is 13.6. The number of rotatable bonds is 8. The number of carbonyl (C=O) groups excluding carboxylic acids is 2. The normalized spacial score (nSPS) is 14.0. The Bertz CT molecular complexity index is 1730. The van der Waals surface area contributed by atoms with Crippen LogP contribution in [0, 0.1) is 12.7 Å². The Hall–Kier alpha value is -4.77. The second-order valence-corrected chi connectivity index (χ2v) is 12.7. The number of ether oxygens (including phenoxy) is 2. The van der Waals surface area contributed by atoms with Crippen LogP contribution in [0.5, 0.6) is 5.75 Å². The Morgan fingerprint density at radius 2 is 1.76 bits per heavy atom. The van der Waals surface area contributed by atoms with Gasteiger partial charge < -0.3 is 25.0 Å². The molecule has 46 heavy (non-hydrogen) atoms. The van der Waals surface area contributed by atoms with Crippen molar-refractivity contribution in [3.05, 3.63) is 72.2 Å². The van der Waals surface area contributed by atoms with E-state index in [1.54, 1.807) is 17.2 Å². The van der Waals surface area contributed by atoms with Gasteiger partial charge in [-0.3, -0.25) is 9.69 Å². The molecule has 242 valence electrons. The van der Waals surface area contributed by atoms with Crippen molar-refractivity contribution in [1.29, 1.82) is 0 Å². The zero-order valence-corrected chi connectivity index (χ0v) is 27.2. The van der Waals surface area contributed by atoms with E-state index in [9.17, 15) is 14.0 Å². The van der Waals surface area contributed by atoms with Gasteiger partial charge in [-0.05, 0) is 71.4 Å². The molecule has 10 nitrogen and oxygen atoms in total. The lowest BCUT2D eigenvalue weighted by Gasteiger charge is -2.35. The summed E-state index contributed by atoms with van der Waals surface area (Å²) < 4.78 is 25.5. The van der Waals surface area contributed by atoms with Crippen LogP contribution >= 0.6 is 0 Å². The maximum Gasteiger partial charge on any atom is 0.410 e. The molecule has 1 aliphatic rings. The van der Waals surface area contributed by atoms with Gasteiger partial charge in [0.05, 0.1) is 18.2 Å². The minimum absolute atomic E-state index is 0.131. The fraction of sp³-hybridized carbons (Fsp3) is 0.371. The van der Waals surface area contributed by atoms with Crippen LogP contribution in [0.3, 0.4) is 0 Å². The maximum atomic E-state index is 14.1. The highest BCUT2D eigenvalue weighted by molar-refractivity contribution is 5.96. The molecule has 1 fully saturated rings. The first-order valence-electron chi connectivity index (χ1n) is 15.4. The van der Waals surface area contributed by atoms with E-state index in [1.165, 1.54) is 12.1 Å². The summed E-state index contributed by atoms with van der Waals surface area (Å²) in [6, 6.07) is 15.9. The largest absolute Gasteiger partial charge is 0.490 e. The second kappa shape index (κ2) is 13.7. The number of hydrogen-bond donors (Lipinski definition) is 2. The van der Waals surface area contributed by atoms with Crippen LogP contribution in [0.4, 0.5) is 26.5 Å². The molecule has 4 aromatic rings. The third kappa shape index (κ3) is 8.28. The number of nitrogens with one attached hydrogen (secondary N) is 2. The van der Waals surface area contributed by atoms with E-state index >= 15 is 0 Å². The van der Waals surface area contributed by atoms with Gasteiger partial charge in [-0.2, -0.15) is 0 Å². The van der Waals surface area contributed by atoms with Gasteiger partial charge in [0.25, 0.3) is 0 Å². The Kier molecular flexibility index (Phi) is 9.71. The summed E-state index contributed by atoms with van der Waals surface area (Å²) in [5, 5.41) is 7.11. The highest BCUT2D eigenvalue weighted by Gasteiger charge is 2.26. The van der Waals surface area contributed by atoms with Crippen molar-refractivity contribution < 1.29 is 23.5 Å². The smallest absolute Gasteiger partial charge is 0.410 e. The monoisotopic (exact) mass is 628 g/mol. The molecule has 0 aliphatic carbocycles. The van der Waals surface area contributed by atoms with Crippen molar-refractivity contribution in [3.8, 4) is 16.9 Å². The molecule has 2 amide bonds. The molecule has 1 saturated heterocycles. The van der Waals surface area contributed by atoms with Gasteiger partial charge in [0, 0.05) is 66.3 Å². The van der Waals surface area contributed by atoms with E-state index in [4.69, 9.17) is 14.5 Å². The number of carbonyl (C=O) groups is 2. The predicted molar refractivity (Wildman–Crippen MR) is 178 cm³/mol. The Balaban J connectivity index is 1.27. The topological polar surface area (TPSA) is 109 Å². The number of benzene rings is 3. The Morgan fingerprint density at radius 1 is 1.00 bits per heavy atom. The number of aryl methyl sites for hydroxylation is 1. The zero-order valence-electron chi connectivity index (χ0n) is 27.2. The molecule has 1 aromatic heterocycles. The summed E-state index contributed by atoms with van der Waals surface area (Å²) in [4.78, 5) is 38.4. The molecule has 3 aromatic carbocycles. The van der Waals surface area contributed by atoms with Crippen molar-refractivity contribution in [2.24, 2.45) is 0 Å². The molecule has 0 saturated carbocycles. The molecule has 0 spiro atoms. The Labute approximate surface area is 268 Å². The average Bonchev–Trinajstić information content (AvgIpc) is 2.98. The molecule has 0 bridgehead atoms. The molecule has 2 heterocycles. The minimum atomic E-state index is -0.546. The summed E-state index contributed by atoms with van der Waals surface area (Å²) >= 11 is 0. The fourth-order valence-electron chi connectivity index (χ4n) is 5.17. The third-order valence-electron chi connectivity index (χ3n) is 7.37. The molecule has 2 N–H and O–H groups in total. The van der Waals surface area contributed by atoms with Crippen molar-refractivity contribution >= 4 is 40.2 Å². The molecule has 0 atom stereocenters. The van der Waals surface area contributed by atoms with Crippen molar-refractivity contribution in [2.45, 2.75) is 53.2 Å². The summed E-state index contributed by atoms with van der Waals surface area (Å²) in [6.07, 6.45) is 1.27. The Morgan fingerprint density at radius 3 is 2.48 bits per heavy atom. The molecular formula is C35H41FN6O4. The highest BCUT2D eigenvalue weighted by atomic mass is 19.1. The van der Waals surface area contributed by atoms with Gasteiger partial charge in [0.15, 0.2) is 0 Å². The number of nitrogens with zero attached hydrogens (tertiary/aromatic N) is 4. The molecule has 0 unspecified atom stereocenters. The summed E-state index contributed by atoms with van der Waals surface area (Å²) in [5.74, 6) is 0.299. The number of halogens is 1. The van der Waals surface area contributed by atoms with E-state index in [-0.39, 0.29) is 30.5 Å². The minimum Gasteiger partial charge on any atom is -0.490 e. The second-order valence-electron chi connectivity index (χ2n) is 12.7. The van der Waals surface area contributed by atoms with Crippen LogP contribution in [0.15, 0.2) is 60.8 Å². The molecule has 1 aliphatic heterocycles. The molecule has 11 heteroatoms. The van der Waals surface area contributed by atoms with E-state index < -0.39 is 5.60 Å². The molecular weight excluding hydrogens is 587 g/mol. The van der Waals surface area contributed by atoms with Gasteiger partial charge in [0.1, 0.15) is 17.2 Å². The number of hydrogen-bond acceptors (Lipinski definition) is 8. The lowest BCUT2D eigenvalue weighted by molar-refractivity contribution is -0.117. The summed E-state index contributed by atoms with van der Waals surface area (Å²) in [5.41, 5.74) is 3.95. The van der Waals surface area contributed by atoms with Crippen LogP contribution < -0.4 is 15.4 Å². The van der Waals surface area contributed by atoms with Gasteiger partial charge in [-0.1, -0.05) is 24.3 Å². The van der Waals surface area contributed by atoms with Gasteiger partial charge in [-0.15, -0.1) is 0 Å². The first-order chi connectivity index (χ1) is 21.8. The van der Waals surface area contributed by atoms with Gasteiger partial charge in [-0.25, -0.2) is 19.2 Å². The molecule has 5 rings (SSSR count). The van der Waals surface area contributed by atoms with Crippen LogP contribution in [0.1, 0.15) is 40.2 Å². The number of anilines is 3. The van der Waals surface area contributed by atoms with Gasteiger partial charge in [0.2, 0.25) is 11.9 Å². The van der Waals surface area contributed by atoms with Crippen LogP contribution in [0.2, 0.25) is 0 Å². The quantitative estimate of drug-likeness (QED) is 0.220. The fourth-order valence-corrected chi connectivity index (χ4v) is 5.17. The van der Waals surface area contributed by atoms with E-state index in [0.29, 0.717) is 54.8 Å². The van der Waals surface area contributed by atoms with Gasteiger partial charge >= 0.3 is 6.09 Å². The maximum absolute atomic E-state index is 14.1. The van der Waals surface area contributed by atoms with E-state index in [2.05, 4.69) is 15.6 Å². The van der Waals surface area contributed by atoms with Crippen molar-refractivity contribution in [3.63, 3.8) is 0 Å². The number of para-hydroxylation sites is 1. The lowest BCUT2D eigenvalue weighted by Crippen LogP contribution is -2.51. The molecule has 0 radical (unpaired) electrons. The summed E-state index contributed by atoms with van der Waals surface area (Å²) in [7, 11) is 0. The lowest BCUT2D eigenvalue weighted by atomic mass is 10.0. The standard InChI is InChI=1S/C35H41FN6O4/c1-22(2)45-30-18-25(36)11-13-27(30)28-9-7-8-24-20-37-33(40-32(24)28)38-26-12-10-23(3)29(19-26)39-31(43)21-41-14-16-42(17-15-41)34(44)46-35(4,5)6/h7-13,18-20,22H,14-17,21H2,1-6H3,(H,39,43)(H,37,38,40). The first kappa shape index (κ1) is 32.6. The van der Waals surface area contributed by atoms with Crippen molar-refractivity contribution in [2.75, 3.05) is 43.4 Å². The number of aromatic nitrogens is 2. The third-order valence-corrected chi connectivity index (χ3v) is 7.37. The SMILES string of the molecule is Cc1ccc(Nc2ncc3cccc(-c4ccc(F)cc4OC(C)C)c3n2)cc1NC(=O)CN1CCN(C(=O)OC(C)(C)C)CC1. The number of amides is 2. The predicted octanol–water partition coefficient (Wildman–Crippen LogP) is 6.77. The van der Waals surface area contributed by atoms with E-state index in [0.717, 1.165) is 22.1 Å². The van der Waals surface area contributed by atoms with Crippen molar-refractivity contribution in [1.82, 2.24) is 19.8 Å². The number of fused-ring (bicyclic) bond motifs is 1. The van der Waals surface area contributed by atoms with Crippen LogP contribution in [-0.4, -0.2) is 76.2 Å². The number of piperazine rings is 1. The van der Waals surface area contributed by atoms with E-state index in [1.807, 2.05) is 82.8 Å². The zero-order chi connectivity index (χ0) is 33.0. The first-order valence-corrected chi connectivity index (χ1v) is 15.4. The van der Waals surface area contributed by atoms with Crippen LogP contribution in [-0.2, 0) is 9.53 Å². The highest BCUT2D eigenvalue weighted by Crippen LogP contribution is 2.36.